The molecule has 0 amide bonds. The summed E-state index contributed by atoms with van der Waals surface area (Å²) in [4.78, 5) is 18.5. The zero-order chi connectivity index (χ0) is 32.3. The molecule has 0 bridgehead atoms. The summed E-state index contributed by atoms with van der Waals surface area (Å²) in [5.74, 6) is 1.91. The molecule has 0 N–H and O–H groups in total. The Morgan fingerprint density at radius 3 is 1.27 bits per heavy atom. The SMILES string of the molecule is [C-]#[N+]c1ccccc1-c1cccc(-c2ccc(-c3cccc(-c4nc(-c5ccccc5)nc(-c5ccccc5)n4)c3)c3ccccc23)c1. The molecule has 4 heteroatoms. The van der Waals surface area contributed by atoms with E-state index in [0.717, 1.165) is 60.8 Å². The second kappa shape index (κ2) is 12.6. The third-order valence-corrected chi connectivity index (χ3v) is 8.56. The first-order valence-corrected chi connectivity index (χ1v) is 15.8. The van der Waals surface area contributed by atoms with Crippen LogP contribution >= 0.6 is 0 Å². The largest absolute Gasteiger partial charge is 0.238 e. The van der Waals surface area contributed by atoms with E-state index in [4.69, 9.17) is 21.5 Å². The molecule has 48 heavy (non-hydrogen) atoms. The van der Waals surface area contributed by atoms with Crippen LogP contribution in [0.1, 0.15) is 0 Å². The summed E-state index contributed by atoms with van der Waals surface area (Å²) >= 11 is 0. The molecule has 1 aromatic heterocycles. The van der Waals surface area contributed by atoms with Crippen LogP contribution in [-0.2, 0) is 0 Å². The first kappa shape index (κ1) is 28.8. The molecule has 8 aromatic rings. The third kappa shape index (κ3) is 5.51. The number of benzene rings is 7. The number of hydrogen-bond donors (Lipinski definition) is 0. The van der Waals surface area contributed by atoms with Gasteiger partial charge in [-0.3, -0.25) is 0 Å². The van der Waals surface area contributed by atoms with Crippen molar-refractivity contribution in [3.63, 3.8) is 0 Å². The molecule has 1 heterocycles. The molecule has 224 valence electrons. The molecule has 0 spiro atoms. The molecule has 8 rings (SSSR count). The van der Waals surface area contributed by atoms with Crippen molar-refractivity contribution in [3.05, 3.63) is 181 Å². The maximum atomic E-state index is 7.65. The fourth-order valence-corrected chi connectivity index (χ4v) is 6.24. The van der Waals surface area contributed by atoms with Crippen LogP contribution < -0.4 is 0 Å². The molecule has 0 unspecified atom stereocenters. The van der Waals surface area contributed by atoms with Gasteiger partial charge in [-0.2, -0.15) is 0 Å². The third-order valence-electron chi connectivity index (χ3n) is 8.56. The predicted molar refractivity (Wildman–Crippen MR) is 196 cm³/mol. The Kier molecular flexibility index (Phi) is 7.54. The lowest BCUT2D eigenvalue weighted by molar-refractivity contribution is 1.07. The van der Waals surface area contributed by atoms with Crippen molar-refractivity contribution in [1.82, 2.24) is 15.0 Å². The average molecular weight is 613 g/mol. The van der Waals surface area contributed by atoms with Crippen LogP contribution in [0.15, 0.2) is 170 Å². The molecule has 4 nitrogen and oxygen atoms in total. The van der Waals surface area contributed by atoms with E-state index >= 15 is 0 Å². The fraction of sp³-hybridized carbons (Fsp3) is 0. The van der Waals surface area contributed by atoms with E-state index < -0.39 is 0 Å². The highest BCUT2D eigenvalue weighted by Gasteiger charge is 2.15. The number of hydrogen-bond acceptors (Lipinski definition) is 3. The zero-order valence-electron chi connectivity index (χ0n) is 26.0. The number of para-hydroxylation sites is 1. The lowest BCUT2D eigenvalue weighted by atomic mass is 9.90. The molecular formula is C44H28N4. The Morgan fingerprint density at radius 1 is 0.333 bits per heavy atom. The minimum Gasteiger partial charge on any atom is -0.238 e. The van der Waals surface area contributed by atoms with E-state index in [1.54, 1.807) is 0 Å². The van der Waals surface area contributed by atoms with Crippen LogP contribution in [0, 0.1) is 6.57 Å². The average Bonchev–Trinajstić information content (AvgIpc) is 3.18. The first-order chi connectivity index (χ1) is 23.7. The van der Waals surface area contributed by atoms with Crippen molar-refractivity contribution in [1.29, 1.82) is 0 Å². The number of aromatic nitrogens is 3. The summed E-state index contributed by atoms with van der Waals surface area (Å²) in [5.41, 5.74) is 9.89. The Balaban J connectivity index is 1.23. The predicted octanol–water partition coefficient (Wildman–Crippen LogP) is 11.6. The van der Waals surface area contributed by atoms with Crippen LogP contribution in [0.5, 0.6) is 0 Å². The molecule has 0 atom stereocenters. The summed E-state index contributed by atoms with van der Waals surface area (Å²) in [7, 11) is 0. The smallest absolute Gasteiger partial charge is 0.194 e. The number of rotatable bonds is 6. The van der Waals surface area contributed by atoms with Crippen molar-refractivity contribution in [3.8, 4) is 67.5 Å². The molecule has 0 aliphatic heterocycles. The van der Waals surface area contributed by atoms with E-state index in [-0.39, 0.29) is 0 Å². The number of nitrogens with zero attached hydrogens (tertiary/aromatic N) is 4. The molecule has 0 fully saturated rings. The molecule has 0 saturated heterocycles. The van der Waals surface area contributed by atoms with Crippen molar-refractivity contribution in [2.45, 2.75) is 0 Å². The molecular weight excluding hydrogens is 585 g/mol. The van der Waals surface area contributed by atoms with E-state index in [0.29, 0.717) is 23.2 Å². The molecule has 7 aromatic carbocycles. The Labute approximate surface area is 279 Å². The minimum absolute atomic E-state index is 0.627. The van der Waals surface area contributed by atoms with Gasteiger partial charge >= 0.3 is 0 Å². The van der Waals surface area contributed by atoms with Gasteiger partial charge in [-0.15, -0.1) is 0 Å². The van der Waals surface area contributed by atoms with Gasteiger partial charge < -0.3 is 0 Å². The van der Waals surface area contributed by atoms with E-state index in [1.807, 2.05) is 84.9 Å². The first-order valence-electron chi connectivity index (χ1n) is 15.8. The van der Waals surface area contributed by atoms with Crippen molar-refractivity contribution >= 4 is 16.5 Å². The summed E-state index contributed by atoms with van der Waals surface area (Å²) < 4.78 is 0. The van der Waals surface area contributed by atoms with Crippen LogP contribution in [0.3, 0.4) is 0 Å². The lowest BCUT2D eigenvalue weighted by Crippen LogP contribution is -2.00. The van der Waals surface area contributed by atoms with Crippen LogP contribution in [-0.4, -0.2) is 15.0 Å². The highest BCUT2D eigenvalue weighted by atomic mass is 15.0. The minimum atomic E-state index is 0.627. The lowest BCUT2D eigenvalue weighted by Gasteiger charge is -2.14. The Hall–Kier alpha value is -6.70. The zero-order valence-corrected chi connectivity index (χ0v) is 26.0. The van der Waals surface area contributed by atoms with Gasteiger partial charge in [-0.1, -0.05) is 158 Å². The van der Waals surface area contributed by atoms with Crippen LogP contribution in [0.4, 0.5) is 5.69 Å². The standard InChI is InChI=1S/C44H28N4/c1-45-41-25-11-10-22-38(41)34-20-12-18-32(28-34)36-26-27-37(40-24-9-8-23-39(36)40)33-19-13-21-35(29-33)44-47-42(30-14-4-2-5-15-30)46-43(48-44)31-16-6-3-7-17-31/h2-29H. The molecule has 0 aliphatic rings. The van der Waals surface area contributed by atoms with Gasteiger partial charge in [0.2, 0.25) is 0 Å². The van der Waals surface area contributed by atoms with Crippen LogP contribution in [0.25, 0.3) is 83.2 Å². The van der Waals surface area contributed by atoms with Gasteiger partial charge in [-0.05, 0) is 56.3 Å². The van der Waals surface area contributed by atoms with Gasteiger partial charge in [0.25, 0.3) is 0 Å². The van der Waals surface area contributed by atoms with E-state index in [2.05, 4.69) is 89.8 Å². The maximum absolute atomic E-state index is 7.65. The van der Waals surface area contributed by atoms with E-state index in [9.17, 15) is 0 Å². The summed E-state index contributed by atoms with van der Waals surface area (Å²) in [5, 5.41) is 2.32. The van der Waals surface area contributed by atoms with Crippen LogP contribution in [0.2, 0.25) is 0 Å². The van der Waals surface area contributed by atoms with Gasteiger partial charge in [0.05, 0.1) is 6.57 Å². The quantitative estimate of drug-likeness (QED) is 0.175. The summed E-state index contributed by atoms with van der Waals surface area (Å²) in [6.07, 6.45) is 0. The van der Waals surface area contributed by atoms with Crippen molar-refractivity contribution in [2.75, 3.05) is 0 Å². The highest BCUT2D eigenvalue weighted by molar-refractivity contribution is 6.05. The maximum Gasteiger partial charge on any atom is 0.194 e. The summed E-state index contributed by atoms with van der Waals surface area (Å²) in [6, 6.07) is 57.7. The summed E-state index contributed by atoms with van der Waals surface area (Å²) in [6.45, 7) is 7.65. The Morgan fingerprint density at radius 2 is 0.729 bits per heavy atom. The van der Waals surface area contributed by atoms with E-state index in [1.165, 1.54) is 0 Å². The number of fused-ring (bicyclic) bond motifs is 1. The second-order valence-electron chi connectivity index (χ2n) is 11.5. The Bertz CT molecular complexity index is 2400. The molecule has 0 radical (unpaired) electrons. The van der Waals surface area contributed by atoms with Crippen molar-refractivity contribution < 1.29 is 0 Å². The molecule has 0 saturated carbocycles. The van der Waals surface area contributed by atoms with Gasteiger partial charge in [0, 0.05) is 16.7 Å². The van der Waals surface area contributed by atoms with Crippen molar-refractivity contribution in [2.24, 2.45) is 0 Å². The van der Waals surface area contributed by atoms with Gasteiger partial charge in [0.15, 0.2) is 23.2 Å². The highest BCUT2D eigenvalue weighted by Crippen LogP contribution is 2.39. The normalized spacial score (nSPS) is 10.9. The molecule has 0 aliphatic carbocycles. The topological polar surface area (TPSA) is 43.0 Å². The fourth-order valence-electron chi connectivity index (χ4n) is 6.24. The second-order valence-corrected chi connectivity index (χ2v) is 11.5. The van der Waals surface area contributed by atoms with Gasteiger partial charge in [0.1, 0.15) is 0 Å². The van der Waals surface area contributed by atoms with Gasteiger partial charge in [-0.25, -0.2) is 19.8 Å². The monoisotopic (exact) mass is 612 g/mol.